The molecule has 1 spiro atoms. The number of ether oxygens (including phenoxy) is 1. The summed E-state index contributed by atoms with van der Waals surface area (Å²) in [6, 6.07) is 0.576. The normalized spacial score (nSPS) is 35.1. The third-order valence-corrected chi connectivity index (χ3v) is 6.15. The molecule has 3 heteroatoms. The van der Waals surface area contributed by atoms with Crippen LogP contribution in [0.4, 0.5) is 0 Å². The number of hydrogen-bond donors (Lipinski definition) is 2. The van der Waals surface area contributed by atoms with Crippen LogP contribution in [0.5, 0.6) is 0 Å². The Bertz CT molecular complexity index is 319. The van der Waals surface area contributed by atoms with Gasteiger partial charge < -0.3 is 15.2 Å². The zero-order valence-electron chi connectivity index (χ0n) is 13.0. The largest absolute Gasteiger partial charge is 0.389 e. The van der Waals surface area contributed by atoms with E-state index in [1.165, 1.54) is 44.9 Å². The summed E-state index contributed by atoms with van der Waals surface area (Å²) in [5.74, 6) is 0. The fourth-order valence-corrected chi connectivity index (χ4v) is 4.87. The van der Waals surface area contributed by atoms with Crippen molar-refractivity contribution in [2.75, 3.05) is 13.2 Å². The summed E-state index contributed by atoms with van der Waals surface area (Å²) in [5.41, 5.74) is -0.0459. The van der Waals surface area contributed by atoms with Crippen LogP contribution in [0.15, 0.2) is 0 Å². The predicted molar refractivity (Wildman–Crippen MR) is 80.8 cm³/mol. The number of hydrogen-bond acceptors (Lipinski definition) is 3. The van der Waals surface area contributed by atoms with Gasteiger partial charge in [-0.1, -0.05) is 32.1 Å². The van der Waals surface area contributed by atoms with Gasteiger partial charge in [0.25, 0.3) is 0 Å². The minimum absolute atomic E-state index is 0.390. The van der Waals surface area contributed by atoms with E-state index in [0.717, 1.165) is 32.4 Å². The van der Waals surface area contributed by atoms with Crippen LogP contribution < -0.4 is 5.32 Å². The third-order valence-electron chi connectivity index (χ3n) is 6.15. The van der Waals surface area contributed by atoms with Gasteiger partial charge in [0.2, 0.25) is 0 Å². The number of aliphatic hydroxyl groups is 1. The van der Waals surface area contributed by atoms with E-state index in [1.807, 2.05) is 0 Å². The highest BCUT2D eigenvalue weighted by atomic mass is 16.5. The zero-order valence-corrected chi connectivity index (χ0v) is 13.0. The summed E-state index contributed by atoms with van der Waals surface area (Å²) < 4.78 is 5.96. The Morgan fingerprint density at radius 1 is 1.05 bits per heavy atom. The quantitative estimate of drug-likeness (QED) is 0.814. The maximum absolute atomic E-state index is 10.6. The molecule has 0 aromatic carbocycles. The van der Waals surface area contributed by atoms with Crippen molar-refractivity contribution in [2.45, 2.75) is 88.9 Å². The van der Waals surface area contributed by atoms with E-state index >= 15 is 0 Å². The van der Waals surface area contributed by atoms with Crippen molar-refractivity contribution in [3.63, 3.8) is 0 Å². The summed E-state index contributed by atoms with van der Waals surface area (Å²) in [4.78, 5) is 0. The number of rotatable bonds is 5. The van der Waals surface area contributed by atoms with Crippen molar-refractivity contribution in [3.05, 3.63) is 0 Å². The van der Waals surface area contributed by atoms with E-state index in [2.05, 4.69) is 12.2 Å². The maximum atomic E-state index is 10.6. The summed E-state index contributed by atoms with van der Waals surface area (Å²) in [6.07, 6.45) is 12.6. The van der Waals surface area contributed by atoms with Crippen LogP contribution in [0.1, 0.15) is 71.1 Å². The van der Waals surface area contributed by atoms with Crippen LogP contribution in [0.25, 0.3) is 0 Å². The Labute approximate surface area is 123 Å². The second-order valence-electron chi connectivity index (χ2n) is 7.34. The molecule has 3 nitrogen and oxygen atoms in total. The van der Waals surface area contributed by atoms with Gasteiger partial charge in [-0.25, -0.2) is 0 Å². The Kier molecular flexibility index (Phi) is 4.40. The molecule has 0 aromatic heterocycles. The van der Waals surface area contributed by atoms with E-state index in [1.54, 1.807) is 0 Å². The molecule has 116 valence electrons. The van der Waals surface area contributed by atoms with E-state index in [-0.39, 0.29) is 0 Å². The first-order chi connectivity index (χ1) is 9.69. The van der Waals surface area contributed by atoms with E-state index in [9.17, 15) is 5.11 Å². The standard InChI is InChI=1S/C17H31NO2/c1-2-20-15-12-14(17(15)10-6-7-11-17)18-13-16(19)8-4-3-5-9-16/h14-15,18-19H,2-13H2,1H3. The average Bonchev–Trinajstić information content (AvgIpc) is 2.95. The molecule has 0 bridgehead atoms. The molecule has 20 heavy (non-hydrogen) atoms. The van der Waals surface area contributed by atoms with Gasteiger partial charge in [0.1, 0.15) is 0 Å². The summed E-state index contributed by atoms with van der Waals surface area (Å²) in [7, 11) is 0. The summed E-state index contributed by atoms with van der Waals surface area (Å²) >= 11 is 0. The van der Waals surface area contributed by atoms with Gasteiger partial charge in [-0.3, -0.25) is 0 Å². The molecule has 0 radical (unpaired) electrons. The van der Waals surface area contributed by atoms with Gasteiger partial charge in [-0.2, -0.15) is 0 Å². The summed E-state index contributed by atoms with van der Waals surface area (Å²) in [6.45, 7) is 3.73. The first kappa shape index (κ1) is 14.8. The molecule has 2 N–H and O–H groups in total. The van der Waals surface area contributed by atoms with Gasteiger partial charge in [0.05, 0.1) is 11.7 Å². The van der Waals surface area contributed by atoms with Gasteiger partial charge in [0.15, 0.2) is 0 Å². The monoisotopic (exact) mass is 281 g/mol. The van der Waals surface area contributed by atoms with Crippen molar-refractivity contribution in [1.29, 1.82) is 0 Å². The first-order valence-electron chi connectivity index (χ1n) is 8.76. The molecule has 3 aliphatic carbocycles. The van der Waals surface area contributed by atoms with E-state index in [0.29, 0.717) is 17.6 Å². The second kappa shape index (κ2) is 5.94. The molecule has 0 aliphatic heterocycles. The highest BCUT2D eigenvalue weighted by Gasteiger charge is 2.56. The lowest BCUT2D eigenvalue weighted by Crippen LogP contribution is -2.64. The molecule has 3 aliphatic rings. The van der Waals surface area contributed by atoms with E-state index in [4.69, 9.17) is 4.74 Å². The van der Waals surface area contributed by atoms with Crippen molar-refractivity contribution in [2.24, 2.45) is 5.41 Å². The molecule has 3 fully saturated rings. The third kappa shape index (κ3) is 2.65. The smallest absolute Gasteiger partial charge is 0.0771 e. The van der Waals surface area contributed by atoms with Crippen LogP contribution in [0.3, 0.4) is 0 Å². The topological polar surface area (TPSA) is 41.5 Å². The van der Waals surface area contributed by atoms with Crippen LogP contribution in [0, 0.1) is 5.41 Å². The molecule has 0 heterocycles. The fourth-order valence-electron chi connectivity index (χ4n) is 4.87. The van der Waals surface area contributed by atoms with Crippen LogP contribution >= 0.6 is 0 Å². The Morgan fingerprint density at radius 3 is 2.35 bits per heavy atom. The lowest BCUT2D eigenvalue weighted by Gasteiger charge is -2.55. The van der Waals surface area contributed by atoms with Crippen LogP contribution in [-0.4, -0.2) is 36.0 Å². The molecule has 0 saturated heterocycles. The minimum atomic E-state index is -0.436. The van der Waals surface area contributed by atoms with Crippen molar-refractivity contribution in [1.82, 2.24) is 5.32 Å². The van der Waals surface area contributed by atoms with Gasteiger partial charge in [-0.05, 0) is 39.0 Å². The summed E-state index contributed by atoms with van der Waals surface area (Å²) in [5, 5.41) is 14.4. The van der Waals surface area contributed by atoms with Gasteiger partial charge in [-0.15, -0.1) is 0 Å². The van der Waals surface area contributed by atoms with Gasteiger partial charge in [0, 0.05) is 24.6 Å². The SMILES string of the molecule is CCOC1CC(NCC2(O)CCCCC2)C12CCCC2. The molecule has 0 amide bonds. The Hall–Kier alpha value is -0.120. The lowest BCUT2D eigenvalue weighted by atomic mass is 9.60. The molecule has 3 saturated carbocycles. The van der Waals surface area contributed by atoms with Crippen molar-refractivity contribution >= 4 is 0 Å². The molecular formula is C17H31NO2. The average molecular weight is 281 g/mol. The molecule has 3 rings (SSSR count). The van der Waals surface area contributed by atoms with Crippen LogP contribution in [0.2, 0.25) is 0 Å². The second-order valence-corrected chi connectivity index (χ2v) is 7.34. The number of nitrogens with one attached hydrogen (secondary N) is 1. The first-order valence-corrected chi connectivity index (χ1v) is 8.76. The predicted octanol–water partition coefficient (Wildman–Crippen LogP) is 3.01. The Morgan fingerprint density at radius 2 is 1.70 bits per heavy atom. The fraction of sp³-hybridized carbons (Fsp3) is 1.00. The Balaban J connectivity index is 1.55. The molecule has 2 atom stereocenters. The van der Waals surface area contributed by atoms with Crippen molar-refractivity contribution < 1.29 is 9.84 Å². The minimum Gasteiger partial charge on any atom is -0.389 e. The highest BCUT2D eigenvalue weighted by molar-refractivity contribution is 5.10. The van der Waals surface area contributed by atoms with Crippen LogP contribution in [-0.2, 0) is 4.74 Å². The molecule has 0 aromatic rings. The molecule has 2 unspecified atom stereocenters. The van der Waals surface area contributed by atoms with E-state index < -0.39 is 5.60 Å². The van der Waals surface area contributed by atoms with Crippen molar-refractivity contribution in [3.8, 4) is 0 Å². The highest BCUT2D eigenvalue weighted by Crippen LogP contribution is 2.54. The lowest BCUT2D eigenvalue weighted by molar-refractivity contribution is -0.134. The maximum Gasteiger partial charge on any atom is 0.0771 e. The van der Waals surface area contributed by atoms with Gasteiger partial charge >= 0.3 is 0 Å². The zero-order chi connectivity index (χ0) is 14.1. The molecular weight excluding hydrogens is 250 g/mol.